The van der Waals surface area contributed by atoms with Crippen LogP contribution in [0.2, 0.25) is 0 Å². The summed E-state index contributed by atoms with van der Waals surface area (Å²) >= 11 is 0. The number of nitrogens with zero attached hydrogens (tertiary/aromatic N) is 1. The average molecular weight is 242 g/mol. The zero-order chi connectivity index (χ0) is 11.4. The van der Waals surface area contributed by atoms with E-state index in [2.05, 4.69) is 16.3 Å². The van der Waals surface area contributed by atoms with Gasteiger partial charge in [-0.3, -0.25) is 9.11 Å². The summed E-state index contributed by atoms with van der Waals surface area (Å²) < 4.78 is 16.7. The molecule has 4 nitrogen and oxygen atoms in total. The molecule has 1 aromatic rings. The highest BCUT2D eigenvalue weighted by atomic mass is 32.2. The van der Waals surface area contributed by atoms with Gasteiger partial charge in [-0.2, -0.15) is 0 Å². The van der Waals surface area contributed by atoms with E-state index < -0.39 is 10.8 Å². The van der Waals surface area contributed by atoms with E-state index in [-0.39, 0.29) is 0 Å². The highest BCUT2D eigenvalue weighted by molar-refractivity contribution is 7.85. The molecule has 0 amide bonds. The molecule has 1 N–H and O–H groups in total. The Balaban J connectivity index is 1.86. The van der Waals surface area contributed by atoms with Crippen LogP contribution in [0.5, 0.6) is 0 Å². The summed E-state index contributed by atoms with van der Waals surface area (Å²) in [5, 5.41) is 3.09. The van der Waals surface area contributed by atoms with Gasteiger partial charge in [-0.25, -0.2) is 0 Å². The van der Waals surface area contributed by atoms with Crippen molar-refractivity contribution in [3.05, 3.63) is 23.7 Å². The van der Waals surface area contributed by atoms with Crippen LogP contribution in [-0.4, -0.2) is 40.8 Å². The van der Waals surface area contributed by atoms with Crippen LogP contribution in [0.4, 0.5) is 0 Å². The molecule has 0 saturated carbocycles. The Morgan fingerprint density at radius 2 is 2.25 bits per heavy atom. The Morgan fingerprint density at radius 3 is 2.94 bits per heavy atom. The zero-order valence-corrected chi connectivity index (χ0v) is 10.4. The number of hydrogen-bond donors (Lipinski definition) is 1. The Bertz CT molecular complexity index is 355. The first-order valence-corrected chi connectivity index (χ1v) is 7.05. The third-order valence-electron chi connectivity index (χ3n) is 2.74. The zero-order valence-electron chi connectivity index (χ0n) is 9.57. The van der Waals surface area contributed by atoms with Crippen molar-refractivity contribution < 1.29 is 8.63 Å². The normalized spacial score (nSPS) is 19.1. The van der Waals surface area contributed by atoms with Gasteiger partial charge in [-0.1, -0.05) is 0 Å². The Morgan fingerprint density at radius 1 is 1.50 bits per heavy atom. The molecule has 0 spiro atoms. The van der Waals surface area contributed by atoms with Crippen LogP contribution in [0.1, 0.15) is 11.3 Å². The van der Waals surface area contributed by atoms with E-state index in [0.29, 0.717) is 0 Å². The van der Waals surface area contributed by atoms with Gasteiger partial charge in [-0.05, 0) is 13.1 Å². The number of furan rings is 1. The predicted octanol–water partition coefficient (Wildman–Crippen LogP) is 0.563. The maximum atomic E-state index is 11.2. The van der Waals surface area contributed by atoms with Gasteiger partial charge in [0.05, 0.1) is 12.8 Å². The molecule has 0 bridgehead atoms. The quantitative estimate of drug-likeness (QED) is 0.838. The van der Waals surface area contributed by atoms with Gasteiger partial charge in [0.2, 0.25) is 0 Å². The largest absolute Gasteiger partial charge is 0.468 e. The van der Waals surface area contributed by atoms with Gasteiger partial charge in [0, 0.05) is 47.5 Å². The molecule has 90 valence electrons. The van der Waals surface area contributed by atoms with Crippen molar-refractivity contribution in [1.29, 1.82) is 0 Å². The van der Waals surface area contributed by atoms with E-state index in [1.165, 1.54) is 5.56 Å². The molecule has 2 heterocycles. The molecule has 2 rings (SSSR count). The Labute approximate surface area is 98.5 Å². The van der Waals surface area contributed by atoms with Gasteiger partial charge in [0.15, 0.2) is 0 Å². The van der Waals surface area contributed by atoms with Gasteiger partial charge in [0.1, 0.15) is 5.76 Å². The molecule has 16 heavy (non-hydrogen) atoms. The minimum atomic E-state index is -0.599. The average Bonchev–Trinajstić information content (AvgIpc) is 2.70. The standard InChI is InChI=1S/C11H18N2O2S/c1-12-7-10-6-11(15-9-10)8-13-2-4-16(14)5-3-13/h6,9,12H,2-5,7-8H2,1H3. The van der Waals surface area contributed by atoms with E-state index in [1.807, 2.05) is 7.05 Å². The van der Waals surface area contributed by atoms with Crippen LogP contribution < -0.4 is 5.32 Å². The van der Waals surface area contributed by atoms with E-state index in [4.69, 9.17) is 4.42 Å². The molecule has 0 unspecified atom stereocenters. The van der Waals surface area contributed by atoms with Gasteiger partial charge in [-0.15, -0.1) is 0 Å². The number of rotatable bonds is 4. The minimum Gasteiger partial charge on any atom is -0.468 e. The number of nitrogens with one attached hydrogen (secondary N) is 1. The lowest BCUT2D eigenvalue weighted by atomic mass is 10.3. The van der Waals surface area contributed by atoms with Crippen molar-refractivity contribution in [2.75, 3.05) is 31.6 Å². The van der Waals surface area contributed by atoms with Crippen molar-refractivity contribution in [2.24, 2.45) is 0 Å². The van der Waals surface area contributed by atoms with Crippen molar-refractivity contribution in [3.63, 3.8) is 0 Å². The summed E-state index contributed by atoms with van der Waals surface area (Å²) in [5.74, 6) is 2.59. The van der Waals surface area contributed by atoms with E-state index in [0.717, 1.165) is 43.4 Å². The maximum Gasteiger partial charge on any atom is 0.118 e. The topological polar surface area (TPSA) is 45.5 Å². The molecule has 1 saturated heterocycles. The second kappa shape index (κ2) is 5.61. The first-order valence-electron chi connectivity index (χ1n) is 5.56. The minimum absolute atomic E-state index is 0.599. The van der Waals surface area contributed by atoms with E-state index >= 15 is 0 Å². The smallest absolute Gasteiger partial charge is 0.118 e. The molecule has 0 radical (unpaired) electrons. The molecule has 1 aromatic heterocycles. The summed E-state index contributed by atoms with van der Waals surface area (Å²) in [5.41, 5.74) is 1.18. The molecular weight excluding hydrogens is 224 g/mol. The van der Waals surface area contributed by atoms with Crippen LogP contribution >= 0.6 is 0 Å². The summed E-state index contributed by atoms with van der Waals surface area (Å²) in [7, 11) is 1.32. The van der Waals surface area contributed by atoms with Crippen LogP contribution in [0, 0.1) is 0 Å². The summed E-state index contributed by atoms with van der Waals surface area (Å²) in [4.78, 5) is 2.30. The Kier molecular flexibility index (Phi) is 4.15. The summed E-state index contributed by atoms with van der Waals surface area (Å²) in [6.45, 7) is 3.50. The van der Waals surface area contributed by atoms with E-state index in [9.17, 15) is 4.21 Å². The second-order valence-corrected chi connectivity index (χ2v) is 5.77. The third kappa shape index (κ3) is 3.17. The molecule has 1 aliphatic heterocycles. The van der Waals surface area contributed by atoms with Crippen molar-refractivity contribution in [2.45, 2.75) is 13.1 Å². The molecule has 5 heteroatoms. The first-order chi connectivity index (χ1) is 7.78. The van der Waals surface area contributed by atoms with Crippen LogP contribution in [-0.2, 0) is 23.9 Å². The fraction of sp³-hybridized carbons (Fsp3) is 0.636. The molecule has 0 aromatic carbocycles. The highest BCUT2D eigenvalue weighted by Crippen LogP contribution is 2.12. The highest BCUT2D eigenvalue weighted by Gasteiger charge is 2.16. The summed E-state index contributed by atoms with van der Waals surface area (Å²) in [6.07, 6.45) is 1.80. The fourth-order valence-electron chi connectivity index (χ4n) is 1.86. The fourth-order valence-corrected chi connectivity index (χ4v) is 2.99. The second-order valence-electron chi connectivity index (χ2n) is 4.08. The number of hydrogen-bond acceptors (Lipinski definition) is 4. The van der Waals surface area contributed by atoms with Crippen LogP contribution in [0.15, 0.2) is 16.7 Å². The lowest BCUT2D eigenvalue weighted by Crippen LogP contribution is -2.37. The van der Waals surface area contributed by atoms with Crippen molar-refractivity contribution in [1.82, 2.24) is 10.2 Å². The van der Waals surface area contributed by atoms with Crippen molar-refractivity contribution in [3.8, 4) is 0 Å². The molecule has 1 fully saturated rings. The molecular formula is C11H18N2O2S. The monoisotopic (exact) mass is 242 g/mol. The van der Waals surface area contributed by atoms with Gasteiger partial charge < -0.3 is 9.73 Å². The van der Waals surface area contributed by atoms with E-state index in [1.54, 1.807) is 6.26 Å². The van der Waals surface area contributed by atoms with Crippen LogP contribution in [0.3, 0.4) is 0 Å². The van der Waals surface area contributed by atoms with Crippen molar-refractivity contribution >= 4 is 10.8 Å². The van der Waals surface area contributed by atoms with Gasteiger partial charge >= 0.3 is 0 Å². The Hall–Kier alpha value is -0.650. The first kappa shape index (κ1) is 11.8. The molecule has 0 aliphatic carbocycles. The third-order valence-corrected chi connectivity index (χ3v) is 4.01. The lowest BCUT2D eigenvalue weighted by molar-refractivity contribution is 0.265. The van der Waals surface area contributed by atoms with Crippen LogP contribution in [0.25, 0.3) is 0 Å². The summed E-state index contributed by atoms with van der Waals surface area (Å²) in [6, 6.07) is 2.09. The lowest BCUT2D eigenvalue weighted by Gasteiger charge is -2.24. The molecule has 0 atom stereocenters. The SMILES string of the molecule is CNCc1coc(CN2CCS(=O)CC2)c1. The van der Waals surface area contributed by atoms with Gasteiger partial charge in [0.25, 0.3) is 0 Å². The predicted molar refractivity (Wildman–Crippen MR) is 64.6 cm³/mol. The maximum absolute atomic E-state index is 11.2. The molecule has 1 aliphatic rings.